The van der Waals surface area contributed by atoms with Gasteiger partial charge in [-0.3, -0.25) is 0 Å². The van der Waals surface area contributed by atoms with E-state index < -0.39 is 0 Å². The Morgan fingerprint density at radius 2 is 0.953 bits per heavy atom. The molecule has 8 rings (SSSR count). The Bertz CT molecular complexity index is 2780. The lowest BCUT2D eigenvalue weighted by Crippen LogP contribution is -2.16. The van der Waals surface area contributed by atoms with E-state index in [9.17, 15) is 0 Å². The minimum atomic E-state index is 1.06. The Labute approximate surface area is 383 Å². The molecule has 0 aliphatic carbocycles. The first kappa shape index (κ1) is 46.1. The summed E-state index contributed by atoms with van der Waals surface area (Å²) in [6.45, 7) is 15.8. The molecule has 2 heteroatoms. The molecule has 8 aromatic carbocycles. The molecule has 0 fully saturated rings. The van der Waals surface area contributed by atoms with E-state index in [1.807, 2.05) is 18.2 Å². The monoisotopic (exact) mass is 834 g/mol. The molecule has 0 N–H and O–H groups in total. The first-order valence-corrected chi connectivity index (χ1v) is 22.6. The van der Waals surface area contributed by atoms with Crippen molar-refractivity contribution in [2.24, 2.45) is 0 Å². The molecule has 0 heterocycles. The number of fused-ring (bicyclic) bond motifs is 2. The third-order valence-corrected chi connectivity index (χ3v) is 11.2. The second-order valence-electron chi connectivity index (χ2n) is 15.4. The Hall–Kier alpha value is -7.42. The van der Waals surface area contributed by atoms with Crippen molar-refractivity contribution in [2.75, 3.05) is 16.8 Å². The summed E-state index contributed by atoms with van der Waals surface area (Å²) in [5, 5.41) is 4.97. The second-order valence-corrected chi connectivity index (χ2v) is 15.4. The zero-order chi connectivity index (χ0) is 45.1. The maximum absolute atomic E-state index is 3.85. The van der Waals surface area contributed by atoms with Crippen LogP contribution < -0.4 is 9.80 Å². The molecule has 64 heavy (non-hydrogen) atoms. The number of hydrogen-bond donors (Lipinski definition) is 0. The molecule has 0 aliphatic heterocycles. The van der Waals surface area contributed by atoms with E-state index in [-0.39, 0.29) is 0 Å². The van der Waals surface area contributed by atoms with E-state index >= 15 is 0 Å². The Kier molecular flexibility index (Phi) is 17.1. The summed E-state index contributed by atoms with van der Waals surface area (Å²) in [5.74, 6) is 0. The lowest BCUT2D eigenvalue weighted by Gasteiger charge is -2.29. The minimum absolute atomic E-state index is 1.06. The highest BCUT2D eigenvalue weighted by atomic mass is 15.2. The van der Waals surface area contributed by atoms with Gasteiger partial charge in [-0.05, 0) is 116 Å². The predicted molar refractivity (Wildman–Crippen MR) is 285 cm³/mol. The summed E-state index contributed by atoms with van der Waals surface area (Å²) in [6.07, 6.45) is 19.8. The lowest BCUT2D eigenvalue weighted by molar-refractivity contribution is 0.886. The summed E-state index contributed by atoms with van der Waals surface area (Å²) in [4.78, 5) is 4.49. The van der Waals surface area contributed by atoms with Gasteiger partial charge in [-0.25, -0.2) is 0 Å². The molecular formula is C62H62N2. The van der Waals surface area contributed by atoms with Crippen molar-refractivity contribution < 1.29 is 0 Å². The average molecular weight is 835 g/mol. The molecule has 0 spiro atoms. The van der Waals surface area contributed by atoms with Gasteiger partial charge in [0.25, 0.3) is 0 Å². The highest BCUT2D eigenvalue weighted by Gasteiger charge is 2.20. The van der Waals surface area contributed by atoms with E-state index in [0.717, 1.165) is 34.7 Å². The predicted octanol–water partition coefficient (Wildman–Crippen LogP) is 18.6. The standard InChI is InChI=1S/C54H44N2.C4H10.C4H8/c1-4-6-7-21-39-56(52-34-20-19-33-51(52)55(3)42-24-9-8-10-25-42)43-37-35-41(36-38-43)44-26-13-14-28-46(44)54-49-31-17-15-29-47(49)53(48-30-16-18-32-50(48)54)45-27-12-11-23-40(45)22-5-2;2*1-3-4-2/h4-39H,1H2,2-3H3;3-4H2,1-2H3;3H,1,4H2,2H3/b7-6-,22-5+,39-21+;;. The number of unbranched alkanes of at least 4 members (excludes halogenated alkanes) is 1. The van der Waals surface area contributed by atoms with Crippen LogP contribution in [0.4, 0.5) is 22.7 Å². The van der Waals surface area contributed by atoms with E-state index in [2.05, 4.69) is 258 Å². The van der Waals surface area contributed by atoms with Gasteiger partial charge < -0.3 is 9.80 Å². The first-order chi connectivity index (χ1) is 31.5. The lowest BCUT2D eigenvalue weighted by atomic mass is 9.83. The summed E-state index contributed by atoms with van der Waals surface area (Å²) in [7, 11) is 2.12. The van der Waals surface area contributed by atoms with Crippen LogP contribution in [0.5, 0.6) is 0 Å². The van der Waals surface area contributed by atoms with Crippen molar-refractivity contribution in [1.29, 1.82) is 0 Å². The summed E-state index contributed by atoms with van der Waals surface area (Å²) >= 11 is 0. The van der Waals surface area contributed by atoms with Gasteiger partial charge >= 0.3 is 0 Å². The van der Waals surface area contributed by atoms with Crippen LogP contribution in [0.3, 0.4) is 0 Å². The van der Waals surface area contributed by atoms with Crippen molar-refractivity contribution in [2.45, 2.75) is 47.0 Å². The van der Waals surface area contributed by atoms with Crippen LogP contribution in [0, 0.1) is 0 Å². The highest BCUT2D eigenvalue weighted by molar-refractivity contribution is 6.22. The van der Waals surface area contributed by atoms with Crippen LogP contribution in [0.2, 0.25) is 0 Å². The fourth-order valence-corrected chi connectivity index (χ4v) is 7.84. The van der Waals surface area contributed by atoms with Crippen LogP contribution in [0.15, 0.2) is 232 Å². The summed E-state index contributed by atoms with van der Waals surface area (Å²) in [6, 6.07) is 63.4. The Morgan fingerprint density at radius 3 is 1.50 bits per heavy atom. The van der Waals surface area contributed by atoms with Gasteiger partial charge in [-0.2, -0.15) is 0 Å². The number of rotatable bonds is 13. The smallest absolute Gasteiger partial charge is 0.0693 e. The third kappa shape index (κ3) is 10.8. The molecule has 0 saturated carbocycles. The average Bonchev–Trinajstić information content (AvgIpc) is 3.36. The normalized spacial score (nSPS) is 11.0. The van der Waals surface area contributed by atoms with Crippen molar-refractivity contribution in [3.8, 4) is 33.4 Å². The molecule has 0 amide bonds. The first-order valence-electron chi connectivity index (χ1n) is 22.6. The molecule has 2 nitrogen and oxygen atoms in total. The van der Waals surface area contributed by atoms with Crippen LogP contribution in [-0.2, 0) is 0 Å². The minimum Gasteiger partial charge on any atom is -0.343 e. The molecule has 8 aromatic rings. The van der Waals surface area contributed by atoms with E-state index in [4.69, 9.17) is 0 Å². The third-order valence-electron chi connectivity index (χ3n) is 11.2. The fraction of sp³-hybridized carbons (Fsp3) is 0.129. The molecule has 0 atom stereocenters. The molecule has 320 valence electrons. The molecular weight excluding hydrogens is 773 g/mol. The summed E-state index contributed by atoms with van der Waals surface area (Å²) < 4.78 is 0. The van der Waals surface area contributed by atoms with Crippen molar-refractivity contribution >= 4 is 50.4 Å². The molecule has 0 radical (unpaired) electrons. The van der Waals surface area contributed by atoms with Crippen molar-refractivity contribution in [1.82, 2.24) is 0 Å². The molecule has 0 aliphatic rings. The van der Waals surface area contributed by atoms with Crippen LogP contribution in [0.25, 0.3) is 61.0 Å². The molecule has 0 aromatic heterocycles. The van der Waals surface area contributed by atoms with Gasteiger partial charge in [0, 0.05) is 24.6 Å². The zero-order valence-electron chi connectivity index (χ0n) is 38.3. The van der Waals surface area contributed by atoms with Gasteiger partial charge in [0.15, 0.2) is 0 Å². The van der Waals surface area contributed by atoms with Gasteiger partial charge in [-0.1, -0.05) is 216 Å². The SMILES string of the molecule is C=C/C=C\C=C\N(c1ccc(-c2ccccc2-c2c3ccccc3c(-c3ccccc3/C=C/C)c3ccccc23)cc1)c1ccccc1N(C)c1ccccc1.C=CCC.CCCC. The van der Waals surface area contributed by atoms with Crippen LogP contribution >= 0.6 is 0 Å². The maximum Gasteiger partial charge on any atom is 0.0693 e. The van der Waals surface area contributed by atoms with E-state index in [1.165, 1.54) is 67.8 Å². The van der Waals surface area contributed by atoms with Crippen LogP contribution in [-0.4, -0.2) is 7.05 Å². The maximum atomic E-state index is 3.85. The Morgan fingerprint density at radius 1 is 0.469 bits per heavy atom. The quantitative estimate of drug-likeness (QED) is 0.0649. The van der Waals surface area contributed by atoms with Gasteiger partial charge in [-0.15, -0.1) is 6.58 Å². The number of allylic oxidation sites excluding steroid dienone is 6. The van der Waals surface area contributed by atoms with E-state index in [0.29, 0.717) is 0 Å². The zero-order valence-corrected chi connectivity index (χ0v) is 38.3. The summed E-state index contributed by atoms with van der Waals surface area (Å²) in [5.41, 5.74) is 12.9. The van der Waals surface area contributed by atoms with Gasteiger partial charge in [0.2, 0.25) is 0 Å². The highest BCUT2D eigenvalue weighted by Crippen LogP contribution is 2.47. The number of hydrogen-bond acceptors (Lipinski definition) is 2. The number of nitrogens with zero attached hydrogens (tertiary/aromatic N) is 2. The number of anilines is 4. The number of para-hydroxylation sites is 3. The topological polar surface area (TPSA) is 6.48 Å². The molecule has 0 bridgehead atoms. The van der Waals surface area contributed by atoms with Gasteiger partial charge in [0.1, 0.15) is 0 Å². The van der Waals surface area contributed by atoms with Crippen LogP contribution in [0.1, 0.15) is 52.5 Å². The molecule has 0 saturated heterocycles. The second kappa shape index (κ2) is 23.7. The van der Waals surface area contributed by atoms with Crippen molar-refractivity contribution in [3.63, 3.8) is 0 Å². The Balaban J connectivity index is 0.000000786. The fourth-order valence-electron chi connectivity index (χ4n) is 7.84. The van der Waals surface area contributed by atoms with Crippen molar-refractivity contribution in [3.05, 3.63) is 237 Å². The number of benzene rings is 8. The molecule has 0 unspecified atom stereocenters. The van der Waals surface area contributed by atoms with Gasteiger partial charge in [0.05, 0.1) is 11.4 Å². The van der Waals surface area contributed by atoms with E-state index in [1.54, 1.807) is 6.08 Å². The largest absolute Gasteiger partial charge is 0.343 e.